The zero-order valence-corrected chi connectivity index (χ0v) is 6.88. The highest BCUT2D eigenvalue weighted by Crippen LogP contribution is 2.12. The fourth-order valence-electron chi connectivity index (χ4n) is 0.460. The minimum atomic E-state index is -1.42. The molecular formula is C7H12O4. The van der Waals surface area contributed by atoms with E-state index < -0.39 is 11.8 Å². The van der Waals surface area contributed by atoms with Crippen molar-refractivity contribution < 1.29 is 19.4 Å². The van der Waals surface area contributed by atoms with E-state index >= 15 is 0 Å². The van der Waals surface area contributed by atoms with Gasteiger partial charge in [-0.3, -0.25) is 0 Å². The monoisotopic (exact) mass is 160 g/mol. The van der Waals surface area contributed by atoms with Crippen molar-refractivity contribution in [1.29, 1.82) is 0 Å². The van der Waals surface area contributed by atoms with Crippen molar-refractivity contribution in [2.75, 3.05) is 0 Å². The fourth-order valence-corrected chi connectivity index (χ4v) is 0.460. The molecule has 0 saturated carbocycles. The molecule has 0 rings (SSSR count). The van der Waals surface area contributed by atoms with Crippen molar-refractivity contribution >= 4 is 6.16 Å². The Labute approximate surface area is 65.4 Å². The molecule has 0 saturated heterocycles. The van der Waals surface area contributed by atoms with Gasteiger partial charge in [-0.05, 0) is 27.4 Å². The lowest BCUT2D eigenvalue weighted by Gasteiger charge is -2.20. The van der Waals surface area contributed by atoms with E-state index in [-0.39, 0.29) is 5.95 Å². The normalized spacial score (nSPS) is 10.5. The van der Waals surface area contributed by atoms with Gasteiger partial charge in [-0.15, -0.1) is 0 Å². The molecule has 0 aromatic heterocycles. The van der Waals surface area contributed by atoms with Crippen LogP contribution in [-0.2, 0) is 9.47 Å². The van der Waals surface area contributed by atoms with Crippen molar-refractivity contribution in [3.05, 3.63) is 12.5 Å². The van der Waals surface area contributed by atoms with Gasteiger partial charge in [0.1, 0.15) is 5.60 Å². The Bertz CT molecular complexity index is 166. The minimum absolute atomic E-state index is 0.204. The fraction of sp³-hybridized carbons (Fsp3) is 0.571. The van der Waals surface area contributed by atoms with Crippen molar-refractivity contribution in [2.24, 2.45) is 0 Å². The summed E-state index contributed by atoms with van der Waals surface area (Å²) in [6, 6.07) is 0. The van der Waals surface area contributed by atoms with Gasteiger partial charge >= 0.3 is 6.16 Å². The maximum absolute atomic E-state index is 9.93. The van der Waals surface area contributed by atoms with Gasteiger partial charge in [0.2, 0.25) is 0 Å². The van der Waals surface area contributed by atoms with E-state index in [0.717, 1.165) is 0 Å². The van der Waals surface area contributed by atoms with Gasteiger partial charge in [-0.25, -0.2) is 4.79 Å². The van der Waals surface area contributed by atoms with Gasteiger partial charge in [0.05, 0.1) is 0 Å². The maximum atomic E-state index is 9.93. The van der Waals surface area contributed by atoms with Crippen LogP contribution in [0.15, 0.2) is 12.5 Å². The second-order valence-corrected chi connectivity index (χ2v) is 2.95. The van der Waals surface area contributed by atoms with E-state index in [4.69, 9.17) is 9.84 Å². The average molecular weight is 160 g/mol. The average Bonchev–Trinajstić information content (AvgIpc) is 1.53. The standard InChI is InChI=1S/C7H12O4/c1-5(10-6(8)9)11-7(2,3)4/h1H2,2-4H3,(H,8,9). The van der Waals surface area contributed by atoms with E-state index in [2.05, 4.69) is 11.3 Å². The van der Waals surface area contributed by atoms with Crippen LogP contribution >= 0.6 is 0 Å². The summed E-state index contributed by atoms with van der Waals surface area (Å²) in [7, 11) is 0. The highest BCUT2D eigenvalue weighted by Gasteiger charge is 2.14. The highest BCUT2D eigenvalue weighted by atomic mass is 16.7. The molecule has 0 spiro atoms. The van der Waals surface area contributed by atoms with E-state index in [1.807, 2.05) is 0 Å². The number of hydrogen-bond donors (Lipinski definition) is 1. The molecule has 11 heavy (non-hydrogen) atoms. The van der Waals surface area contributed by atoms with E-state index in [1.165, 1.54) is 0 Å². The first kappa shape index (κ1) is 9.81. The molecule has 0 aliphatic rings. The molecule has 4 heteroatoms. The number of hydrogen-bond acceptors (Lipinski definition) is 3. The molecule has 0 atom stereocenters. The van der Waals surface area contributed by atoms with Crippen LogP contribution in [0, 0.1) is 0 Å². The van der Waals surface area contributed by atoms with Crippen molar-refractivity contribution in [2.45, 2.75) is 26.4 Å². The van der Waals surface area contributed by atoms with Gasteiger partial charge in [-0.2, -0.15) is 0 Å². The number of ether oxygens (including phenoxy) is 2. The van der Waals surface area contributed by atoms with Gasteiger partial charge < -0.3 is 14.6 Å². The first-order valence-electron chi connectivity index (χ1n) is 3.10. The van der Waals surface area contributed by atoms with E-state index in [0.29, 0.717) is 0 Å². The molecule has 0 heterocycles. The lowest BCUT2D eigenvalue weighted by Crippen LogP contribution is -2.20. The summed E-state index contributed by atoms with van der Waals surface area (Å²) in [4.78, 5) is 9.93. The van der Waals surface area contributed by atoms with Crippen LogP contribution in [0.5, 0.6) is 0 Å². The molecule has 0 amide bonds. The van der Waals surface area contributed by atoms with Crippen LogP contribution in [0.4, 0.5) is 4.79 Å². The summed E-state index contributed by atoms with van der Waals surface area (Å²) < 4.78 is 9.08. The Hall–Kier alpha value is -1.19. The molecule has 4 nitrogen and oxygen atoms in total. The van der Waals surface area contributed by atoms with Gasteiger partial charge in [-0.1, -0.05) is 0 Å². The van der Waals surface area contributed by atoms with Crippen LogP contribution < -0.4 is 0 Å². The summed E-state index contributed by atoms with van der Waals surface area (Å²) in [6.07, 6.45) is -1.42. The Balaban J connectivity index is 3.80. The molecule has 1 N–H and O–H groups in total. The van der Waals surface area contributed by atoms with Gasteiger partial charge in [0.15, 0.2) is 0 Å². The van der Waals surface area contributed by atoms with E-state index in [9.17, 15) is 4.79 Å². The molecule has 0 fully saturated rings. The van der Waals surface area contributed by atoms with Crippen LogP contribution in [-0.4, -0.2) is 16.9 Å². The summed E-state index contributed by atoms with van der Waals surface area (Å²) in [6.45, 7) is 8.56. The van der Waals surface area contributed by atoms with Gasteiger partial charge in [0.25, 0.3) is 5.95 Å². The Morgan fingerprint density at radius 1 is 1.45 bits per heavy atom. The zero-order valence-electron chi connectivity index (χ0n) is 6.88. The molecular weight excluding hydrogens is 148 g/mol. The Morgan fingerprint density at radius 2 is 1.91 bits per heavy atom. The van der Waals surface area contributed by atoms with E-state index in [1.54, 1.807) is 20.8 Å². The maximum Gasteiger partial charge on any atom is 0.513 e. The number of carboxylic acid groups (broad SMARTS) is 1. The zero-order chi connectivity index (χ0) is 9.07. The number of carbonyl (C=O) groups is 1. The molecule has 0 aromatic carbocycles. The third-order valence-corrected chi connectivity index (χ3v) is 0.621. The predicted molar refractivity (Wildman–Crippen MR) is 39.1 cm³/mol. The third kappa shape index (κ3) is 6.70. The SMILES string of the molecule is C=C(OC(=O)O)OC(C)(C)C. The third-order valence-electron chi connectivity index (χ3n) is 0.621. The molecule has 0 aromatic rings. The van der Waals surface area contributed by atoms with Crippen molar-refractivity contribution in [3.8, 4) is 0 Å². The molecule has 0 aliphatic heterocycles. The largest absolute Gasteiger partial charge is 0.513 e. The molecule has 0 radical (unpaired) electrons. The minimum Gasteiger partial charge on any atom is -0.460 e. The van der Waals surface area contributed by atoms with Crippen LogP contribution in [0.1, 0.15) is 20.8 Å². The van der Waals surface area contributed by atoms with Gasteiger partial charge in [0, 0.05) is 0 Å². The first-order chi connectivity index (χ1) is 4.81. The molecule has 64 valence electrons. The highest BCUT2D eigenvalue weighted by molar-refractivity contribution is 5.57. The topological polar surface area (TPSA) is 55.8 Å². The number of rotatable bonds is 2. The Morgan fingerprint density at radius 3 is 2.18 bits per heavy atom. The first-order valence-corrected chi connectivity index (χ1v) is 3.10. The van der Waals surface area contributed by atoms with Crippen molar-refractivity contribution in [1.82, 2.24) is 0 Å². The second-order valence-electron chi connectivity index (χ2n) is 2.95. The predicted octanol–water partition coefficient (Wildman–Crippen LogP) is 1.97. The molecule has 0 aliphatic carbocycles. The Kier molecular flexibility index (Phi) is 2.92. The second kappa shape index (κ2) is 3.27. The molecule has 0 bridgehead atoms. The van der Waals surface area contributed by atoms with Crippen LogP contribution in [0.2, 0.25) is 0 Å². The van der Waals surface area contributed by atoms with Crippen LogP contribution in [0.3, 0.4) is 0 Å². The lowest BCUT2D eigenvalue weighted by molar-refractivity contribution is -0.0305. The quantitative estimate of drug-likeness (QED) is 0.495. The molecule has 0 unspecified atom stereocenters. The summed E-state index contributed by atoms with van der Waals surface area (Å²) >= 11 is 0. The lowest BCUT2D eigenvalue weighted by atomic mass is 10.2. The summed E-state index contributed by atoms with van der Waals surface area (Å²) in [5, 5.41) is 8.12. The summed E-state index contributed by atoms with van der Waals surface area (Å²) in [5.41, 5.74) is -0.480. The van der Waals surface area contributed by atoms with Crippen LogP contribution in [0.25, 0.3) is 0 Å². The smallest absolute Gasteiger partial charge is 0.460 e. The summed E-state index contributed by atoms with van der Waals surface area (Å²) in [5.74, 6) is -0.204. The van der Waals surface area contributed by atoms with Crippen molar-refractivity contribution in [3.63, 3.8) is 0 Å².